The van der Waals surface area contributed by atoms with E-state index in [0.29, 0.717) is 6.42 Å². The van der Waals surface area contributed by atoms with Gasteiger partial charge in [0.05, 0.1) is 6.07 Å². The fourth-order valence-corrected chi connectivity index (χ4v) is 2.25. The fourth-order valence-electron chi connectivity index (χ4n) is 1.32. The molecule has 0 aliphatic rings. The molecule has 0 amide bonds. The Hall–Kier alpha value is -1.64. The zero-order chi connectivity index (χ0) is 12.7. The number of carbonyl (C=O) groups is 1. The Kier molecular flexibility index (Phi) is 5.40. The topological polar surface area (TPSA) is 64.3 Å². The number of hydrogen-bond acceptors (Lipinski definition) is 4. The van der Waals surface area contributed by atoms with E-state index in [2.05, 4.69) is 11.0 Å². The summed E-state index contributed by atoms with van der Waals surface area (Å²) in [5.41, 5.74) is 0.904. The smallest absolute Gasteiger partial charge is 0.328 e. The zero-order valence-corrected chi connectivity index (χ0v) is 10.4. The summed E-state index contributed by atoms with van der Waals surface area (Å²) in [6.45, 7) is 1.53. The van der Waals surface area contributed by atoms with Crippen LogP contribution in [0.15, 0.2) is 17.5 Å². The van der Waals surface area contributed by atoms with Crippen LogP contribution in [0.4, 0.5) is 0 Å². The average molecular weight is 250 g/mol. The van der Waals surface area contributed by atoms with Crippen molar-refractivity contribution in [3.8, 4) is 6.07 Å². The Morgan fingerprint density at radius 3 is 3.12 bits per heavy atom. The van der Waals surface area contributed by atoms with Gasteiger partial charge in [-0.05, 0) is 30.1 Å². The number of rotatable bonds is 6. The molecule has 17 heavy (non-hydrogen) atoms. The lowest BCUT2D eigenvalue weighted by atomic mass is 10.3. The molecule has 0 spiro atoms. The van der Waals surface area contributed by atoms with Crippen LogP contribution in [0.25, 0.3) is 6.08 Å². The van der Waals surface area contributed by atoms with E-state index in [1.165, 1.54) is 0 Å². The molecule has 0 saturated heterocycles. The summed E-state index contributed by atoms with van der Waals surface area (Å²) in [6.07, 6.45) is 3.23. The van der Waals surface area contributed by atoms with Crippen LogP contribution in [0.1, 0.15) is 16.9 Å². The van der Waals surface area contributed by atoms with Gasteiger partial charge in [0.25, 0.3) is 0 Å². The van der Waals surface area contributed by atoms with Crippen LogP contribution in [-0.2, 0) is 11.3 Å². The van der Waals surface area contributed by atoms with Gasteiger partial charge in [0, 0.05) is 30.5 Å². The maximum atomic E-state index is 10.4. The van der Waals surface area contributed by atoms with E-state index in [9.17, 15) is 4.79 Å². The van der Waals surface area contributed by atoms with Crippen molar-refractivity contribution in [2.45, 2.75) is 13.0 Å². The van der Waals surface area contributed by atoms with Gasteiger partial charge in [0.15, 0.2) is 0 Å². The number of nitriles is 1. The first-order valence-corrected chi connectivity index (χ1v) is 6.03. The molecule has 0 unspecified atom stereocenters. The minimum absolute atomic E-state index is 0.521. The van der Waals surface area contributed by atoms with Crippen LogP contribution in [0.2, 0.25) is 0 Å². The average Bonchev–Trinajstić information content (AvgIpc) is 2.71. The maximum Gasteiger partial charge on any atom is 0.328 e. The predicted octanol–water partition coefficient (Wildman–Crippen LogP) is 2.19. The number of thiophene rings is 1. The van der Waals surface area contributed by atoms with Crippen molar-refractivity contribution in [3.63, 3.8) is 0 Å². The molecular formula is C12H14N2O2S. The summed E-state index contributed by atoms with van der Waals surface area (Å²) < 4.78 is 0. The van der Waals surface area contributed by atoms with Crippen molar-refractivity contribution in [2.75, 3.05) is 13.6 Å². The first kappa shape index (κ1) is 13.4. The van der Waals surface area contributed by atoms with Crippen molar-refractivity contribution < 1.29 is 9.90 Å². The lowest BCUT2D eigenvalue weighted by Crippen LogP contribution is -2.17. The third-order valence-electron chi connectivity index (χ3n) is 2.12. The minimum Gasteiger partial charge on any atom is -0.478 e. The van der Waals surface area contributed by atoms with E-state index < -0.39 is 5.97 Å². The van der Waals surface area contributed by atoms with Gasteiger partial charge < -0.3 is 10.0 Å². The maximum absolute atomic E-state index is 10.4. The van der Waals surface area contributed by atoms with Gasteiger partial charge in [-0.15, -0.1) is 11.3 Å². The van der Waals surface area contributed by atoms with Crippen LogP contribution in [-0.4, -0.2) is 29.6 Å². The van der Waals surface area contributed by atoms with Crippen molar-refractivity contribution in [1.29, 1.82) is 5.26 Å². The highest BCUT2D eigenvalue weighted by molar-refractivity contribution is 7.10. The molecule has 0 saturated carbocycles. The molecule has 0 radical (unpaired) electrons. The van der Waals surface area contributed by atoms with Crippen LogP contribution in [0.3, 0.4) is 0 Å². The first-order valence-electron chi connectivity index (χ1n) is 5.15. The van der Waals surface area contributed by atoms with Crippen LogP contribution in [0, 0.1) is 11.3 Å². The molecular weight excluding hydrogens is 236 g/mol. The van der Waals surface area contributed by atoms with Gasteiger partial charge in [-0.25, -0.2) is 4.79 Å². The highest BCUT2D eigenvalue weighted by atomic mass is 32.1. The van der Waals surface area contributed by atoms with E-state index in [1.807, 2.05) is 18.5 Å². The Bertz CT molecular complexity index is 446. The molecule has 4 nitrogen and oxygen atoms in total. The zero-order valence-electron chi connectivity index (χ0n) is 9.59. The molecule has 0 aliphatic heterocycles. The Balaban J connectivity index is 2.51. The number of aliphatic carboxylic acids is 1. The van der Waals surface area contributed by atoms with Crippen LogP contribution >= 0.6 is 11.3 Å². The summed E-state index contributed by atoms with van der Waals surface area (Å²) in [5, 5.41) is 18.9. The largest absolute Gasteiger partial charge is 0.478 e. The van der Waals surface area contributed by atoms with Gasteiger partial charge in [-0.3, -0.25) is 0 Å². The van der Waals surface area contributed by atoms with Crippen molar-refractivity contribution in [2.24, 2.45) is 0 Å². The number of hydrogen-bond donors (Lipinski definition) is 1. The lowest BCUT2D eigenvalue weighted by Gasteiger charge is -2.12. The molecule has 1 N–H and O–H groups in total. The second-order valence-corrected chi connectivity index (χ2v) is 4.66. The standard InChI is InChI=1S/C12H14N2O2S/c1-14(6-2-5-13)8-11-7-10(9-17-11)3-4-12(15)16/h3-4,7,9H,2,6,8H2,1H3,(H,15,16). The number of carboxylic acids is 1. The third kappa shape index (κ3) is 5.29. The van der Waals surface area contributed by atoms with Gasteiger partial charge >= 0.3 is 5.97 Å². The van der Waals surface area contributed by atoms with Crippen LogP contribution in [0.5, 0.6) is 0 Å². The van der Waals surface area contributed by atoms with Crippen molar-refractivity contribution >= 4 is 23.4 Å². The normalized spacial score (nSPS) is 10.9. The van der Waals surface area contributed by atoms with Gasteiger partial charge in [0.2, 0.25) is 0 Å². The van der Waals surface area contributed by atoms with Gasteiger partial charge in [0.1, 0.15) is 0 Å². The summed E-state index contributed by atoms with van der Waals surface area (Å²) in [7, 11) is 1.96. The van der Waals surface area contributed by atoms with Crippen molar-refractivity contribution in [1.82, 2.24) is 4.90 Å². The SMILES string of the molecule is CN(CCC#N)Cc1cc(C=CC(=O)O)cs1. The van der Waals surface area contributed by atoms with Crippen LogP contribution < -0.4 is 0 Å². The number of carboxylic acid groups (broad SMARTS) is 1. The summed E-state index contributed by atoms with van der Waals surface area (Å²) >= 11 is 1.59. The molecule has 1 rings (SSSR count). The van der Waals surface area contributed by atoms with E-state index >= 15 is 0 Å². The Labute approximate surface area is 104 Å². The highest BCUT2D eigenvalue weighted by Crippen LogP contribution is 2.17. The second-order valence-electron chi connectivity index (χ2n) is 3.66. The third-order valence-corrected chi connectivity index (χ3v) is 3.06. The minimum atomic E-state index is -0.941. The van der Waals surface area contributed by atoms with E-state index in [0.717, 1.165) is 29.6 Å². The van der Waals surface area contributed by atoms with E-state index in [1.54, 1.807) is 17.4 Å². The first-order chi connectivity index (χ1) is 8.11. The molecule has 0 aromatic carbocycles. The molecule has 1 aromatic heterocycles. The monoisotopic (exact) mass is 250 g/mol. The Morgan fingerprint density at radius 1 is 1.71 bits per heavy atom. The predicted molar refractivity (Wildman–Crippen MR) is 67.6 cm³/mol. The number of nitrogens with zero attached hydrogens (tertiary/aromatic N) is 2. The quantitative estimate of drug-likeness (QED) is 0.786. The second kappa shape index (κ2) is 6.84. The molecule has 5 heteroatoms. The van der Waals surface area contributed by atoms with Gasteiger partial charge in [-0.2, -0.15) is 5.26 Å². The molecule has 1 aromatic rings. The molecule has 90 valence electrons. The summed E-state index contributed by atoms with van der Waals surface area (Å²) in [6, 6.07) is 4.07. The molecule has 0 fully saturated rings. The van der Waals surface area contributed by atoms with E-state index in [-0.39, 0.29) is 0 Å². The van der Waals surface area contributed by atoms with Crippen molar-refractivity contribution in [3.05, 3.63) is 28.0 Å². The Morgan fingerprint density at radius 2 is 2.47 bits per heavy atom. The molecule has 0 bridgehead atoms. The molecule has 1 heterocycles. The fraction of sp³-hybridized carbons (Fsp3) is 0.333. The lowest BCUT2D eigenvalue weighted by molar-refractivity contribution is -0.131. The summed E-state index contributed by atoms with van der Waals surface area (Å²) in [5.74, 6) is -0.941. The molecule has 0 atom stereocenters. The summed E-state index contributed by atoms with van der Waals surface area (Å²) in [4.78, 5) is 13.6. The highest BCUT2D eigenvalue weighted by Gasteiger charge is 2.02. The van der Waals surface area contributed by atoms with Gasteiger partial charge in [-0.1, -0.05) is 0 Å². The molecule has 0 aliphatic carbocycles. The van der Waals surface area contributed by atoms with E-state index in [4.69, 9.17) is 10.4 Å².